The van der Waals surface area contributed by atoms with Gasteiger partial charge in [0.25, 0.3) is 5.91 Å². The molecule has 0 unspecified atom stereocenters. The molecule has 2 saturated heterocycles. The van der Waals surface area contributed by atoms with Crippen LogP contribution in [0.3, 0.4) is 0 Å². The van der Waals surface area contributed by atoms with Gasteiger partial charge in [0.15, 0.2) is 0 Å². The fourth-order valence-electron chi connectivity index (χ4n) is 4.54. The minimum atomic E-state index is 0.109. The standard InChI is InChI=1S/C21H28N4O/c1-23-13-10-19(22-23)21(26)25-12-5-8-18-16-24(15-11-20(18)25)14-9-17-6-3-2-4-7-17/h2-4,6-7,10,13,18,20H,5,8-9,11-12,14-16H2,1H3/t18-,20+/m1/s1. The molecule has 4 rings (SSSR count). The smallest absolute Gasteiger partial charge is 0.274 e. The largest absolute Gasteiger partial charge is 0.334 e. The van der Waals surface area contributed by atoms with Crippen molar-refractivity contribution in [2.45, 2.75) is 31.7 Å². The maximum Gasteiger partial charge on any atom is 0.274 e. The Balaban J connectivity index is 1.37. The molecule has 2 aliphatic heterocycles. The Kier molecular flexibility index (Phi) is 5.07. The van der Waals surface area contributed by atoms with Crippen molar-refractivity contribution < 1.29 is 4.79 Å². The monoisotopic (exact) mass is 352 g/mol. The van der Waals surface area contributed by atoms with E-state index in [0.29, 0.717) is 17.7 Å². The van der Waals surface area contributed by atoms with Gasteiger partial charge >= 0.3 is 0 Å². The van der Waals surface area contributed by atoms with Crippen molar-refractivity contribution in [1.82, 2.24) is 19.6 Å². The van der Waals surface area contributed by atoms with E-state index in [9.17, 15) is 4.79 Å². The van der Waals surface area contributed by atoms with Crippen LogP contribution in [-0.2, 0) is 13.5 Å². The minimum Gasteiger partial charge on any atom is -0.334 e. The summed E-state index contributed by atoms with van der Waals surface area (Å²) in [7, 11) is 1.86. The molecule has 26 heavy (non-hydrogen) atoms. The van der Waals surface area contributed by atoms with E-state index in [2.05, 4.69) is 45.2 Å². The molecule has 0 bridgehead atoms. The van der Waals surface area contributed by atoms with Crippen LogP contribution in [0.2, 0.25) is 0 Å². The van der Waals surface area contributed by atoms with Crippen molar-refractivity contribution in [3.8, 4) is 0 Å². The summed E-state index contributed by atoms with van der Waals surface area (Å²) in [6.07, 6.45) is 6.37. The number of hydrogen-bond donors (Lipinski definition) is 0. The Labute approximate surface area is 155 Å². The highest BCUT2D eigenvalue weighted by Crippen LogP contribution is 2.31. The van der Waals surface area contributed by atoms with Crippen LogP contribution in [0.4, 0.5) is 0 Å². The van der Waals surface area contributed by atoms with E-state index >= 15 is 0 Å². The van der Waals surface area contributed by atoms with E-state index in [4.69, 9.17) is 0 Å². The van der Waals surface area contributed by atoms with E-state index in [1.54, 1.807) is 4.68 Å². The van der Waals surface area contributed by atoms with Crippen LogP contribution in [-0.4, -0.2) is 57.7 Å². The van der Waals surface area contributed by atoms with Gasteiger partial charge in [-0.15, -0.1) is 0 Å². The lowest BCUT2D eigenvalue weighted by molar-refractivity contribution is 0.0200. The van der Waals surface area contributed by atoms with Gasteiger partial charge in [0.05, 0.1) is 0 Å². The summed E-state index contributed by atoms with van der Waals surface area (Å²) in [6, 6.07) is 12.9. The average Bonchev–Trinajstić information content (AvgIpc) is 3.12. The number of carbonyl (C=O) groups is 1. The molecular formula is C21H28N4O. The van der Waals surface area contributed by atoms with Crippen molar-refractivity contribution in [3.63, 3.8) is 0 Å². The fourth-order valence-corrected chi connectivity index (χ4v) is 4.54. The SMILES string of the molecule is Cn1ccc(C(=O)N2CCC[C@@H]3CN(CCc4ccccc4)CC[C@@H]32)n1. The number of likely N-dealkylation sites (tertiary alicyclic amines) is 2. The number of hydrogen-bond acceptors (Lipinski definition) is 3. The number of rotatable bonds is 4. The van der Waals surface area contributed by atoms with Crippen molar-refractivity contribution in [2.75, 3.05) is 26.2 Å². The minimum absolute atomic E-state index is 0.109. The first-order valence-electron chi connectivity index (χ1n) is 9.77. The Morgan fingerprint density at radius 3 is 2.77 bits per heavy atom. The second-order valence-corrected chi connectivity index (χ2v) is 7.67. The number of carbonyl (C=O) groups excluding carboxylic acids is 1. The Bertz CT molecular complexity index is 741. The van der Waals surface area contributed by atoms with Gasteiger partial charge in [-0.1, -0.05) is 30.3 Å². The molecule has 138 valence electrons. The zero-order valence-electron chi connectivity index (χ0n) is 15.6. The molecule has 2 aromatic rings. The van der Waals surface area contributed by atoms with Crippen molar-refractivity contribution >= 4 is 5.91 Å². The summed E-state index contributed by atoms with van der Waals surface area (Å²) in [6.45, 7) is 4.19. The summed E-state index contributed by atoms with van der Waals surface area (Å²) in [5.74, 6) is 0.707. The lowest BCUT2D eigenvalue weighted by Crippen LogP contribution is -2.56. The average molecular weight is 352 g/mol. The Morgan fingerprint density at radius 1 is 1.15 bits per heavy atom. The van der Waals surface area contributed by atoms with Crippen LogP contribution in [0.25, 0.3) is 0 Å². The Morgan fingerprint density at radius 2 is 2.00 bits per heavy atom. The third kappa shape index (κ3) is 3.68. The molecule has 5 heteroatoms. The summed E-state index contributed by atoms with van der Waals surface area (Å²) in [5.41, 5.74) is 1.99. The van der Waals surface area contributed by atoms with Gasteiger partial charge in [0.1, 0.15) is 5.69 Å². The lowest BCUT2D eigenvalue weighted by Gasteiger charge is -2.47. The van der Waals surface area contributed by atoms with Crippen LogP contribution >= 0.6 is 0 Å². The van der Waals surface area contributed by atoms with Crippen LogP contribution < -0.4 is 0 Å². The van der Waals surface area contributed by atoms with E-state index in [1.807, 2.05) is 19.3 Å². The topological polar surface area (TPSA) is 41.4 Å². The molecule has 5 nitrogen and oxygen atoms in total. The number of aryl methyl sites for hydroxylation is 1. The lowest BCUT2D eigenvalue weighted by atomic mass is 9.83. The number of benzene rings is 1. The predicted molar refractivity (Wildman–Crippen MR) is 102 cm³/mol. The molecule has 3 heterocycles. The molecule has 2 fully saturated rings. The number of amides is 1. The van der Waals surface area contributed by atoms with Crippen molar-refractivity contribution in [1.29, 1.82) is 0 Å². The molecular weight excluding hydrogens is 324 g/mol. The van der Waals surface area contributed by atoms with E-state index in [1.165, 1.54) is 12.0 Å². The molecule has 1 aromatic carbocycles. The van der Waals surface area contributed by atoms with Crippen molar-refractivity contribution in [2.24, 2.45) is 13.0 Å². The van der Waals surface area contributed by atoms with Gasteiger partial charge in [-0.25, -0.2) is 0 Å². The second kappa shape index (κ2) is 7.62. The van der Waals surface area contributed by atoms with Crippen LogP contribution in [0.1, 0.15) is 35.3 Å². The molecule has 2 aliphatic rings. The van der Waals surface area contributed by atoms with Crippen LogP contribution in [0, 0.1) is 5.92 Å². The second-order valence-electron chi connectivity index (χ2n) is 7.67. The Hall–Kier alpha value is -2.14. The molecule has 0 radical (unpaired) electrons. The number of piperidine rings is 2. The normalized spacial score (nSPS) is 23.7. The molecule has 0 saturated carbocycles. The quantitative estimate of drug-likeness (QED) is 0.849. The highest BCUT2D eigenvalue weighted by molar-refractivity contribution is 5.92. The molecule has 0 aliphatic carbocycles. The molecule has 1 amide bonds. The van der Waals surface area contributed by atoms with Gasteiger partial charge in [0, 0.05) is 45.5 Å². The highest BCUT2D eigenvalue weighted by atomic mass is 16.2. The number of aromatic nitrogens is 2. The van der Waals surface area contributed by atoms with Gasteiger partial charge in [-0.2, -0.15) is 5.10 Å². The van der Waals surface area contributed by atoms with Crippen LogP contribution in [0.15, 0.2) is 42.6 Å². The first-order valence-corrected chi connectivity index (χ1v) is 9.77. The zero-order valence-corrected chi connectivity index (χ0v) is 15.6. The van der Waals surface area contributed by atoms with Crippen LogP contribution in [0.5, 0.6) is 0 Å². The predicted octanol–water partition coefficient (Wildman–Crippen LogP) is 2.59. The number of fused-ring (bicyclic) bond motifs is 1. The maximum atomic E-state index is 12.9. The third-order valence-electron chi connectivity index (χ3n) is 5.91. The van der Waals surface area contributed by atoms with E-state index in [-0.39, 0.29) is 5.91 Å². The van der Waals surface area contributed by atoms with Gasteiger partial charge < -0.3 is 9.80 Å². The van der Waals surface area contributed by atoms with Gasteiger partial charge in [-0.3, -0.25) is 9.48 Å². The van der Waals surface area contributed by atoms with Gasteiger partial charge in [0.2, 0.25) is 0 Å². The van der Waals surface area contributed by atoms with E-state index < -0.39 is 0 Å². The first kappa shape index (κ1) is 17.3. The molecule has 0 spiro atoms. The summed E-state index contributed by atoms with van der Waals surface area (Å²) < 4.78 is 1.71. The van der Waals surface area contributed by atoms with Crippen molar-refractivity contribution in [3.05, 3.63) is 53.9 Å². The zero-order chi connectivity index (χ0) is 17.9. The summed E-state index contributed by atoms with van der Waals surface area (Å²) in [4.78, 5) is 17.6. The fraction of sp³-hybridized carbons (Fsp3) is 0.524. The first-order chi connectivity index (χ1) is 12.7. The molecule has 0 N–H and O–H groups in total. The molecule has 1 aromatic heterocycles. The van der Waals surface area contributed by atoms with Gasteiger partial charge in [-0.05, 0) is 43.2 Å². The number of nitrogens with zero attached hydrogens (tertiary/aromatic N) is 4. The van der Waals surface area contributed by atoms with E-state index in [0.717, 1.165) is 45.4 Å². The maximum absolute atomic E-state index is 12.9. The third-order valence-corrected chi connectivity index (χ3v) is 5.91. The highest BCUT2D eigenvalue weighted by Gasteiger charge is 2.38. The molecule has 2 atom stereocenters. The summed E-state index contributed by atoms with van der Waals surface area (Å²) >= 11 is 0. The summed E-state index contributed by atoms with van der Waals surface area (Å²) in [5, 5.41) is 4.32.